The molecule has 1 atom stereocenters. The molecule has 0 aliphatic heterocycles. The Balaban J connectivity index is 2.71. The maximum Gasteiger partial charge on any atom is 0.255 e. The molecule has 4 N–H and O–H groups in total. The number of hydrogen-bond acceptors (Lipinski definition) is 3. The molecule has 0 fully saturated rings. The minimum absolute atomic E-state index is 0.00404. The van der Waals surface area contributed by atoms with Crippen LogP contribution in [0.15, 0.2) is 18.2 Å². The van der Waals surface area contributed by atoms with Crippen LogP contribution in [-0.2, 0) is 0 Å². The molecule has 0 aliphatic carbocycles. The molecule has 0 saturated carbocycles. The van der Waals surface area contributed by atoms with Crippen molar-refractivity contribution in [1.82, 2.24) is 5.32 Å². The van der Waals surface area contributed by atoms with Gasteiger partial charge >= 0.3 is 0 Å². The van der Waals surface area contributed by atoms with E-state index in [0.29, 0.717) is 12.1 Å². The van der Waals surface area contributed by atoms with E-state index in [1.54, 1.807) is 12.1 Å². The van der Waals surface area contributed by atoms with Crippen LogP contribution in [0.25, 0.3) is 0 Å². The predicted octanol–water partition coefficient (Wildman–Crippen LogP) is 1.95. The number of unbranched alkanes of at least 4 members (excludes halogenated alkanes) is 1. The van der Waals surface area contributed by atoms with Gasteiger partial charge < -0.3 is 16.2 Å². The summed E-state index contributed by atoms with van der Waals surface area (Å²) in [4.78, 5) is 12.0. The van der Waals surface area contributed by atoms with E-state index < -0.39 is 0 Å². The maximum absolute atomic E-state index is 12.0. The van der Waals surface area contributed by atoms with Crippen molar-refractivity contribution < 1.29 is 9.90 Å². The molecule has 1 unspecified atom stereocenters. The second-order valence-electron chi connectivity index (χ2n) is 4.57. The van der Waals surface area contributed by atoms with Crippen LogP contribution < -0.4 is 11.1 Å². The van der Waals surface area contributed by atoms with Crippen molar-refractivity contribution in [3.63, 3.8) is 0 Å². The molecule has 0 radical (unpaired) electrons. The summed E-state index contributed by atoms with van der Waals surface area (Å²) in [5, 5.41) is 12.5. The van der Waals surface area contributed by atoms with Gasteiger partial charge in [0.1, 0.15) is 5.75 Å². The third-order valence-corrected chi connectivity index (χ3v) is 2.92. The Morgan fingerprint density at radius 1 is 1.50 bits per heavy atom. The quantitative estimate of drug-likeness (QED) is 0.722. The first-order chi connectivity index (χ1) is 8.58. The summed E-state index contributed by atoms with van der Waals surface area (Å²) in [5.74, 6) is -0.257. The first-order valence-corrected chi connectivity index (χ1v) is 6.39. The highest BCUT2D eigenvalue weighted by Crippen LogP contribution is 2.18. The number of carbonyl (C=O) groups is 1. The van der Waals surface area contributed by atoms with Crippen molar-refractivity contribution in [2.45, 2.75) is 39.2 Å². The number of hydrogen-bond donors (Lipinski definition) is 3. The molecule has 0 saturated heterocycles. The Morgan fingerprint density at radius 2 is 2.22 bits per heavy atom. The molecule has 4 heteroatoms. The smallest absolute Gasteiger partial charge is 0.255 e. The fourth-order valence-electron chi connectivity index (χ4n) is 1.79. The predicted molar refractivity (Wildman–Crippen MR) is 72.7 cm³/mol. The van der Waals surface area contributed by atoms with Crippen molar-refractivity contribution in [3.05, 3.63) is 29.3 Å². The minimum Gasteiger partial charge on any atom is -0.507 e. The van der Waals surface area contributed by atoms with Crippen molar-refractivity contribution in [1.29, 1.82) is 0 Å². The average molecular weight is 250 g/mol. The van der Waals surface area contributed by atoms with Gasteiger partial charge in [-0.25, -0.2) is 0 Å². The van der Waals surface area contributed by atoms with Crippen molar-refractivity contribution in [2.24, 2.45) is 5.73 Å². The normalized spacial score (nSPS) is 12.2. The van der Waals surface area contributed by atoms with Crippen molar-refractivity contribution in [3.8, 4) is 5.75 Å². The molecule has 0 heterocycles. The molecule has 1 amide bonds. The minimum atomic E-state index is -0.261. The summed E-state index contributed by atoms with van der Waals surface area (Å²) in [6, 6.07) is 4.95. The largest absolute Gasteiger partial charge is 0.507 e. The highest BCUT2D eigenvalue weighted by Gasteiger charge is 2.15. The van der Waals surface area contributed by atoms with E-state index in [1.807, 2.05) is 6.92 Å². The lowest BCUT2D eigenvalue weighted by atomic mass is 10.1. The molecule has 0 aromatic heterocycles. The van der Waals surface area contributed by atoms with Gasteiger partial charge in [-0.1, -0.05) is 31.4 Å². The lowest BCUT2D eigenvalue weighted by molar-refractivity contribution is 0.0933. The van der Waals surface area contributed by atoms with Gasteiger partial charge in [-0.05, 0) is 25.5 Å². The number of aryl methyl sites for hydroxylation is 1. The summed E-state index contributed by atoms with van der Waals surface area (Å²) < 4.78 is 0. The lowest BCUT2D eigenvalue weighted by Crippen LogP contribution is -2.40. The number of aromatic hydroxyl groups is 1. The third-order valence-electron chi connectivity index (χ3n) is 2.92. The van der Waals surface area contributed by atoms with Crippen LogP contribution in [0, 0.1) is 6.92 Å². The van der Waals surface area contributed by atoms with Gasteiger partial charge in [-0.2, -0.15) is 0 Å². The second kappa shape index (κ2) is 7.01. The Bertz CT molecular complexity index is 405. The number of benzene rings is 1. The van der Waals surface area contributed by atoms with E-state index in [2.05, 4.69) is 12.2 Å². The monoisotopic (exact) mass is 250 g/mol. The van der Waals surface area contributed by atoms with E-state index in [1.165, 1.54) is 6.07 Å². The Labute approximate surface area is 108 Å². The van der Waals surface area contributed by atoms with Crippen LogP contribution in [0.4, 0.5) is 0 Å². The van der Waals surface area contributed by atoms with Crippen molar-refractivity contribution >= 4 is 5.91 Å². The van der Waals surface area contributed by atoms with Gasteiger partial charge in [0.05, 0.1) is 5.56 Å². The molecule has 1 aromatic rings. The van der Waals surface area contributed by atoms with Crippen LogP contribution in [0.5, 0.6) is 5.75 Å². The van der Waals surface area contributed by atoms with Gasteiger partial charge in [0.25, 0.3) is 5.91 Å². The molecular weight excluding hydrogens is 228 g/mol. The fourth-order valence-corrected chi connectivity index (χ4v) is 1.79. The number of nitrogens with one attached hydrogen (secondary N) is 1. The van der Waals surface area contributed by atoms with Crippen LogP contribution >= 0.6 is 0 Å². The molecule has 4 nitrogen and oxygen atoms in total. The number of amides is 1. The highest BCUT2D eigenvalue weighted by molar-refractivity contribution is 5.97. The molecule has 100 valence electrons. The van der Waals surface area contributed by atoms with E-state index in [-0.39, 0.29) is 17.7 Å². The zero-order valence-corrected chi connectivity index (χ0v) is 11.1. The van der Waals surface area contributed by atoms with Gasteiger partial charge in [-0.3, -0.25) is 4.79 Å². The summed E-state index contributed by atoms with van der Waals surface area (Å²) in [6.45, 7) is 4.40. The molecule has 18 heavy (non-hydrogen) atoms. The van der Waals surface area contributed by atoms with E-state index in [0.717, 1.165) is 24.8 Å². The SMILES string of the molecule is CCCCC(CN)NC(=O)c1cc(C)ccc1O. The Kier molecular flexibility index (Phi) is 5.65. The number of carbonyl (C=O) groups excluding carboxylic acids is 1. The molecule has 1 rings (SSSR count). The number of nitrogens with two attached hydrogens (primary N) is 1. The van der Waals surface area contributed by atoms with Gasteiger partial charge in [0, 0.05) is 12.6 Å². The average Bonchev–Trinajstić information content (AvgIpc) is 2.37. The van der Waals surface area contributed by atoms with Crippen LogP contribution in [0.3, 0.4) is 0 Å². The zero-order chi connectivity index (χ0) is 13.5. The highest BCUT2D eigenvalue weighted by atomic mass is 16.3. The van der Waals surface area contributed by atoms with Crippen LogP contribution in [0.2, 0.25) is 0 Å². The Morgan fingerprint density at radius 3 is 2.83 bits per heavy atom. The first kappa shape index (κ1) is 14.5. The third kappa shape index (κ3) is 4.04. The summed E-state index contributed by atoms with van der Waals surface area (Å²) >= 11 is 0. The molecular formula is C14H22N2O2. The van der Waals surface area contributed by atoms with Crippen LogP contribution in [0.1, 0.15) is 42.1 Å². The van der Waals surface area contributed by atoms with Crippen molar-refractivity contribution in [2.75, 3.05) is 6.54 Å². The topological polar surface area (TPSA) is 75.3 Å². The Hall–Kier alpha value is -1.55. The molecule has 0 aliphatic rings. The number of phenols is 1. The lowest BCUT2D eigenvalue weighted by Gasteiger charge is -2.17. The maximum atomic E-state index is 12.0. The van der Waals surface area contributed by atoms with E-state index in [9.17, 15) is 9.90 Å². The second-order valence-corrected chi connectivity index (χ2v) is 4.57. The standard InChI is InChI=1S/C14H22N2O2/c1-3-4-5-11(9-15)16-14(18)12-8-10(2)6-7-13(12)17/h6-8,11,17H,3-5,9,15H2,1-2H3,(H,16,18). The van der Waals surface area contributed by atoms with E-state index in [4.69, 9.17) is 5.73 Å². The van der Waals surface area contributed by atoms with Crippen LogP contribution in [-0.4, -0.2) is 23.6 Å². The number of phenolic OH excluding ortho intramolecular Hbond substituents is 1. The van der Waals surface area contributed by atoms with Gasteiger partial charge in [0.15, 0.2) is 0 Å². The van der Waals surface area contributed by atoms with Gasteiger partial charge in [0.2, 0.25) is 0 Å². The van der Waals surface area contributed by atoms with E-state index >= 15 is 0 Å². The van der Waals surface area contributed by atoms with Gasteiger partial charge in [-0.15, -0.1) is 0 Å². The first-order valence-electron chi connectivity index (χ1n) is 6.39. The summed E-state index contributed by atoms with van der Waals surface area (Å²) in [5.41, 5.74) is 6.88. The summed E-state index contributed by atoms with van der Waals surface area (Å²) in [6.07, 6.45) is 2.97. The molecule has 1 aromatic carbocycles. The fraction of sp³-hybridized carbons (Fsp3) is 0.500. The molecule has 0 spiro atoms. The number of rotatable bonds is 6. The summed E-state index contributed by atoms with van der Waals surface area (Å²) in [7, 11) is 0. The zero-order valence-electron chi connectivity index (χ0n) is 11.1. The molecule has 0 bridgehead atoms.